The third kappa shape index (κ3) is 3.29. The standard InChI is InChI=1S/C16H23N5O2/c1-10-9-13-14(11(2)23-10)19-20-15(13)16(22)18-5-4-7-21-8-6-17-12(21)3/h6,8,10-11H,4-5,7,9H2,1-3H3,(H,18,22)(H,19,20)/t10-,11+/m1/s1. The van der Waals surface area contributed by atoms with Crippen LogP contribution in [0.15, 0.2) is 12.4 Å². The van der Waals surface area contributed by atoms with Crippen LogP contribution < -0.4 is 5.32 Å². The molecule has 2 atom stereocenters. The number of aromatic nitrogens is 4. The topological polar surface area (TPSA) is 84.8 Å². The summed E-state index contributed by atoms with van der Waals surface area (Å²) in [6.07, 6.45) is 5.36. The van der Waals surface area contributed by atoms with Gasteiger partial charge >= 0.3 is 0 Å². The van der Waals surface area contributed by atoms with Crippen LogP contribution in [0, 0.1) is 6.92 Å². The summed E-state index contributed by atoms with van der Waals surface area (Å²) in [6, 6.07) is 0. The van der Waals surface area contributed by atoms with Crippen LogP contribution in [0.5, 0.6) is 0 Å². The molecule has 1 aliphatic heterocycles. The van der Waals surface area contributed by atoms with Crippen LogP contribution in [-0.4, -0.2) is 38.3 Å². The lowest BCUT2D eigenvalue weighted by molar-refractivity contribution is -0.00697. The Hall–Kier alpha value is -2.15. The van der Waals surface area contributed by atoms with Crippen LogP contribution in [0.1, 0.15) is 53.9 Å². The minimum atomic E-state index is -0.119. The summed E-state index contributed by atoms with van der Waals surface area (Å²) in [5, 5.41) is 10.1. The van der Waals surface area contributed by atoms with Crippen molar-refractivity contribution in [2.75, 3.05) is 6.54 Å². The number of fused-ring (bicyclic) bond motifs is 1. The number of amides is 1. The number of nitrogens with zero attached hydrogens (tertiary/aromatic N) is 3. The Labute approximate surface area is 135 Å². The lowest BCUT2D eigenvalue weighted by Gasteiger charge is -2.25. The zero-order chi connectivity index (χ0) is 16.4. The number of carbonyl (C=O) groups excluding carboxylic acids is 1. The molecule has 0 unspecified atom stereocenters. The number of rotatable bonds is 5. The molecule has 3 heterocycles. The number of carbonyl (C=O) groups is 1. The summed E-state index contributed by atoms with van der Waals surface area (Å²) >= 11 is 0. The molecular formula is C16H23N5O2. The molecule has 0 spiro atoms. The molecule has 0 radical (unpaired) electrons. The molecule has 0 fully saturated rings. The van der Waals surface area contributed by atoms with Gasteiger partial charge in [-0.3, -0.25) is 9.89 Å². The predicted molar refractivity (Wildman–Crippen MR) is 85.2 cm³/mol. The normalized spacial score (nSPS) is 20.3. The summed E-state index contributed by atoms with van der Waals surface area (Å²) in [5.41, 5.74) is 2.40. The second-order valence-electron chi connectivity index (χ2n) is 6.03. The van der Waals surface area contributed by atoms with E-state index in [4.69, 9.17) is 4.74 Å². The van der Waals surface area contributed by atoms with Crippen LogP contribution in [0.3, 0.4) is 0 Å². The van der Waals surface area contributed by atoms with Gasteiger partial charge in [0.25, 0.3) is 5.91 Å². The number of ether oxygens (including phenoxy) is 1. The molecule has 124 valence electrons. The molecule has 0 aromatic carbocycles. The first-order valence-electron chi connectivity index (χ1n) is 8.04. The molecule has 2 aromatic heterocycles. The van der Waals surface area contributed by atoms with Gasteiger partial charge in [-0.05, 0) is 27.2 Å². The maximum Gasteiger partial charge on any atom is 0.272 e. The summed E-state index contributed by atoms with van der Waals surface area (Å²) < 4.78 is 7.82. The van der Waals surface area contributed by atoms with E-state index in [-0.39, 0.29) is 18.1 Å². The third-order valence-electron chi connectivity index (χ3n) is 4.23. The van der Waals surface area contributed by atoms with E-state index in [1.54, 1.807) is 6.20 Å². The minimum absolute atomic E-state index is 0.0491. The maximum absolute atomic E-state index is 12.4. The maximum atomic E-state index is 12.4. The highest BCUT2D eigenvalue weighted by Crippen LogP contribution is 2.29. The molecule has 7 heteroatoms. The first kappa shape index (κ1) is 15.7. The van der Waals surface area contributed by atoms with Crippen molar-refractivity contribution in [2.45, 2.75) is 52.4 Å². The van der Waals surface area contributed by atoms with Crippen LogP contribution in [0.2, 0.25) is 0 Å². The van der Waals surface area contributed by atoms with Crippen molar-refractivity contribution in [3.8, 4) is 0 Å². The number of hydrogen-bond donors (Lipinski definition) is 2. The molecule has 3 rings (SSSR count). The molecule has 0 saturated carbocycles. The fourth-order valence-corrected chi connectivity index (χ4v) is 3.04. The highest BCUT2D eigenvalue weighted by atomic mass is 16.5. The van der Waals surface area contributed by atoms with Crippen molar-refractivity contribution < 1.29 is 9.53 Å². The lowest BCUT2D eigenvalue weighted by Crippen LogP contribution is -2.28. The Balaban J connectivity index is 1.56. The molecule has 1 amide bonds. The smallest absolute Gasteiger partial charge is 0.272 e. The van der Waals surface area contributed by atoms with Crippen LogP contribution in [-0.2, 0) is 17.7 Å². The molecule has 2 aromatic rings. The SMILES string of the molecule is Cc1nccn1CCCNC(=O)c1n[nH]c2c1C[C@@H](C)O[C@H]2C. The van der Waals surface area contributed by atoms with E-state index >= 15 is 0 Å². The Kier molecular flexibility index (Phi) is 4.47. The van der Waals surface area contributed by atoms with Gasteiger partial charge in [0.2, 0.25) is 0 Å². The third-order valence-corrected chi connectivity index (χ3v) is 4.23. The largest absolute Gasteiger partial charge is 0.369 e. The number of hydrogen-bond acceptors (Lipinski definition) is 4. The van der Waals surface area contributed by atoms with Crippen molar-refractivity contribution in [3.05, 3.63) is 35.2 Å². The van der Waals surface area contributed by atoms with Gasteiger partial charge in [-0.15, -0.1) is 0 Å². The summed E-state index contributed by atoms with van der Waals surface area (Å²) in [7, 11) is 0. The minimum Gasteiger partial charge on any atom is -0.369 e. The Bertz CT molecular complexity index is 690. The van der Waals surface area contributed by atoms with Gasteiger partial charge in [0, 0.05) is 37.5 Å². The van der Waals surface area contributed by atoms with E-state index in [2.05, 4.69) is 25.1 Å². The first-order chi connectivity index (χ1) is 11.1. The number of aryl methyl sites for hydroxylation is 2. The summed E-state index contributed by atoms with van der Waals surface area (Å²) in [4.78, 5) is 16.5. The molecule has 0 bridgehead atoms. The average molecular weight is 317 g/mol. The van der Waals surface area contributed by atoms with Gasteiger partial charge in [-0.1, -0.05) is 0 Å². The van der Waals surface area contributed by atoms with Crippen LogP contribution >= 0.6 is 0 Å². The molecule has 0 aliphatic carbocycles. The van der Waals surface area contributed by atoms with Crippen LogP contribution in [0.25, 0.3) is 0 Å². The zero-order valence-electron chi connectivity index (χ0n) is 13.8. The predicted octanol–water partition coefficient (Wildman–Crippen LogP) is 1.76. The Morgan fingerprint density at radius 3 is 3.09 bits per heavy atom. The van der Waals surface area contributed by atoms with Gasteiger partial charge in [-0.25, -0.2) is 4.98 Å². The lowest BCUT2D eigenvalue weighted by atomic mass is 9.99. The molecule has 0 saturated heterocycles. The number of H-pyrrole nitrogens is 1. The van der Waals surface area contributed by atoms with E-state index in [1.807, 2.05) is 27.0 Å². The van der Waals surface area contributed by atoms with Crippen molar-refractivity contribution in [2.24, 2.45) is 0 Å². The van der Waals surface area contributed by atoms with E-state index < -0.39 is 0 Å². The van der Waals surface area contributed by atoms with Crippen molar-refractivity contribution >= 4 is 5.91 Å². The highest BCUT2D eigenvalue weighted by Gasteiger charge is 2.29. The second kappa shape index (κ2) is 6.54. The van der Waals surface area contributed by atoms with Gasteiger partial charge in [-0.2, -0.15) is 5.10 Å². The fraction of sp³-hybridized carbons (Fsp3) is 0.562. The monoisotopic (exact) mass is 317 g/mol. The van der Waals surface area contributed by atoms with Gasteiger partial charge < -0.3 is 14.6 Å². The highest BCUT2D eigenvalue weighted by molar-refractivity contribution is 5.94. The van der Waals surface area contributed by atoms with Gasteiger partial charge in [0.15, 0.2) is 5.69 Å². The second-order valence-corrected chi connectivity index (χ2v) is 6.03. The Morgan fingerprint density at radius 1 is 1.52 bits per heavy atom. The first-order valence-corrected chi connectivity index (χ1v) is 8.04. The van der Waals surface area contributed by atoms with E-state index in [9.17, 15) is 4.79 Å². The van der Waals surface area contributed by atoms with Crippen molar-refractivity contribution in [1.29, 1.82) is 0 Å². The van der Waals surface area contributed by atoms with Gasteiger partial charge in [0.1, 0.15) is 5.82 Å². The quantitative estimate of drug-likeness (QED) is 0.823. The van der Waals surface area contributed by atoms with Crippen molar-refractivity contribution in [1.82, 2.24) is 25.1 Å². The molecule has 2 N–H and O–H groups in total. The zero-order valence-corrected chi connectivity index (χ0v) is 13.8. The van der Waals surface area contributed by atoms with E-state index in [0.717, 1.165) is 30.0 Å². The number of imidazole rings is 1. The summed E-state index contributed by atoms with van der Waals surface area (Å²) in [6.45, 7) is 7.41. The number of nitrogens with one attached hydrogen (secondary N) is 2. The van der Waals surface area contributed by atoms with Crippen molar-refractivity contribution in [3.63, 3.8) is 0 Å². The molecule has 7 nitrogen and oxygen atoms in total. The Morgan fingerprint density at radius 2 is 2.35 bits per heavy atom. The molecular weight excluding hydrogens is 294 g/mol. The number of aromatic amines is 1. The van der Waals surface area contributed by atoms with Crippen LogP contribution in [0.4, 0.5) is 0 Å². The summed E-state index contributed by atoms with van der Waals surface area (Å²) in [5.74, 6) is 0.867. The van der Waals surface area contributed by atoms with Gasteiger partial charge in [0.05, 0.1) is 17.9 Å². The average Bonchev–Trinajstić information content (AvgIpc) is 3.10. The fourth-order valence-electron chi connectivity index (χ4n) is 3.04. The van der Waals surface area contributed by atoms with E-state index in [0.29, 0.717) is 18.7 Å². The molecule has 23 heavy (non-hydrogen) atoms. The van der Waals surface area contributed by atoms with E-state index in [1.165, 1.54) is 0 Å². The molecule has 1 aliphatic rings.